The minimum atomic E-state index is -0.578. The number of hydrogen-bond donors (Lipinski definition) is 1. The fraction of sp³-hybridized carbons (Fsp3) is 0.286. The zero-order valence-corrected chi connectivity index (χ0v) is 16.0. The highest BCUT2D eigenvalue weighted by Gasteiger charge is 2.27. The number of aromatic nitrogens is 2. The predicted octanol–water partition coefficient (Wildman–Crippen LogP) is 4.40. The molecule has 0 aliphatic heterocycles. The van der Waals surface area contributed by atoms with Crippen molar-refractivity contribution < 1.29 is 18.4 Å². The molecule has 6 nitrogen and oxygen atoms in total. The molecule has 0 spiro atoms. The second kappa shape index (κ2) is 8.65. The molecule has 3 rings (SSSR count). The van der Waals surface area contributed by atoms with Gasteiger partial charge in [0.2, 0.25) is 11.7 Å². The summed E-state index contributed by atoms with van der Waals surface area (Å²) in [4.78, 5) is 17.0. The van der Waals surface area contributed by atoms with Crippen LogP contribution in [0.5, 0.6) is 5.75 Å². The Bertz CT molecular complexity index is 957. The van der Waals surface area contributed by atoms with Gasteiger partial charge in [0.15, 0.2) is 0 Å². The van der Waals surface area contributed by atoms with E-state index >= 15 is 0 Å². The zero-order chi connectivity index (χ0) is 20.1. The van der Waals surface area contributed by atoms with Gasteiger partial charge in [-0.1, -0.05) is 49.7 Å². The van der Waals surface area contributed by atoms with Gasteiger partial charge >= 0.3 is 0 Å². The Kier molecular flexibility index (Phi) is 6.03. The maximum absolute atomic E-state index is 13.9. The first-order valence-electron chi connectivity index (χ1n) is 9.07. The van der Waals surface area contributed by atoms with Crippen molar-refractivity contribution in [1.82, 2.24) is 15.5 Å². The van der Waals surface area contributed by atoms with Crippen molar-refractivity contribution in [3.8, 4) is 17.1 Å². The standard InChI is InChI=1S/C21H22FN3O3/c1-4-13(2)18(23-20(26)16-10-5-6-11-17(16)22)21-24-19(25-28-21)14-8-7-9-15(12-14)27-3/h5-13,18H,4H2,1-3H3,(H,23,26)/t13-,18+/m0/s1. The Morgan fingerprint density at radius 1 is 1.25 bits per heavy atom. The Hall–Kier alpha value is -3.22. The molecule has 0 bridgehead atoms. The molecule has 0 saturated heterocycles. The highest BCUT2D eigenvalue weighted by molar-refractivity contribution is 5.94. The van der Waals surface area contributed by atoms with Gasteiger partial charge in [-0.05, 0) is 30.2 Å². The van der Waals surface area contributed by atoms with Crippen molar-refractivity contribution in [2.24, 2.45) is 5.92 Å². The summed E-state index contributed by atoms with van der Waals surface area (Å²) in [6.45, 7) is 3.95. The van der Waals surface area contributed by atoms with Gasteiger partial charge < -0.3 is 14.6 Å². The highest BCUT2D eigenvalue weighted by Crippen LogP contribution is 2.27. The molecular weight excluding hydrogens is 361 g/mol. The summed E-state index contributed by atoms with van der Waals surface area (Å²) in [5.74, 6) is 0.249. The molecule has 146 valence electrons. The van der Waals surface area contributed by atoms with Crippen molar-refractivity contribution in [2.75, 3.05) is 7.11 Å². The lowest BCUT2D eigenvalue weighted by atomic mass is 9.98. The normalized spacial score (nSPS) is 13.0. The van der Waals surface area contributed by atoms with E-state index in [1.807, 2.05) is 32.0 Å². The number of halogens is 1. The van der Waals surface area contributed by atoms with Crippen molar-refractivity contribution in [2.45, 2.75) is 26.3 Å². The third-order valence-corrected chi connectivity index (χ3v) is 4.65. The number of benzene rings is 2. The Balaban J connectivity index is 1.87. The molecule has 0 aliphatic rings. The number of nitrogens with one attached hydrogen (secondary N) is 1. The Morgan fingerprint density at radius 2 is 2.04 bits per heavy atom. The first-order valence-corrected chi connectivity index (χ1v) is 9.07. The molecule has 0 unspecified atom stereocenters. The molecular formula is C21H22FN3O3. The second-order valence-electron chi connectivity index (χ2n) is 6.50. The van der Waals surface area contributed by atoms with Gasteiger partial charge in [0.1, 0.15) is 17.6 Å². The van der Waals surface area contributed by atoms with E-state index < -0.39 is 17.8 Å². The van der Waals surface area contributed by atoms with E-state index in [1.54, 1.807) is 19.2 Å². The SMILES string of the molecule is CC[C@H](C)[C@@H](NC(=O)c1ccccc1F)c1nc(-c2cccc(OC)c2)no1. The number of nitrogens with zero attached hydrogens (tertiary/aromatic N) is 2. The van der Waals surface area contributed by atoms with Gasteiger partial charge in [0.25, 0.3) is 5.91 Å². The van der Waals surface area contributed by atoms with E-state index in [1.165, 1.54) is 18.2 Å². The molecule has 1 aromatic heterocycles. The molecule has 0 aliphatic carbocycles. The average Bonchev–Trinajstić information content (AvgIpc) is 3.21. The third kappa shape index (κ3) is 4.19. The van der Waals surface area contributed by atoms with E-state index in [-0.39, 0.29) is 17.4 Å². The molecule has 0 radical (unpaired) electrons. The summed E-state index contributed by atoms with van der Waals surface area (Å²) in [7, 11) is 1.58. The van der Waals surface area contributed by atoms with Crippen LogP contribution in [0.25, 0.3) is 11.4 Å². The highest BCUT2D eigenvalue weighted by atomic mass is 19.1. The molecule has 2 aromatic carbocycles. The van der Waals surface area contributed by atoms with Crippen LogP contribution in [0.15, 0.2) is 53.1 Å². The molecule has 7 heteroatoms. The lowest BCUT2D eigenvalue weighted by Gasteiger charge is -2.20. The number of amides is 1. The lowest BCUT2D eigenvalue weighted by Crippen LogP contribution is -2.33. The summed E-state index contributed by atoms with van der Waals surface area (Å²) >= 11 is 0. The number of carbonyl (C=O) groups excluding carboxylic acids is 1. The van der Waals surface area contributed by atoms with Crippen LogP contribution in [0.3, 0.4) is 0 Å². The molecule has 1 N–H and O–H groups in total. The van der Waals surface area contributed by atoms with Crippen molar-refractivity contribution in [3.63, 3.8) is 0 Å². The van der Waals surface area contributed by atoms with Crippen LogP contribution < -0.4 is 10.1 Å². The predicted molar refractivity (Wildman–Crippen MR) is 102 cm³/mol. The fourth-order valence-corrected chi connectivity index (χ4v) is 2.79. The summed E-state index contributed by atoms with van der Waals surface area (Å²) in [5.41, 5.74) is 0.709. The summed E-state index contributed by atoms with van der Waals surface area (Å²) in [5, 5.41) is 6.86. The minimum absolute atomic E-state index is 0.00864. The number of rotatable bonds is 7. The largest absolute Gasteiger partial charge is 0.497 e. The molecule has 1 heterocycles. The maximum Gasteiger partial charge on any atom is 0.254 e. The molecule has 28 heavy (non-hydrogen) atoms. The molecule has 0 saturated carbocycles. The van der Waals surface area contributed by atoms with Gasteiger partial charge in [-0.2, -0.15) is 4.98 Å². The van der Waals surface area contributed by atoms with Crippen LogP contribution in [-0.4, -0.2) is 23.2 Å². The van der Waals surface area contributed by atoms with Crippen molar-refractivity contribution >= 4 is 5.91 Å². The van der Waals surface area contributed by atoms with Crippen LogP contribution >= 0.6 is 0 Å². The number of carbonyl (C=O) groups is 1. The van der Waals surface area contributed by atoms with Gasteiger partial charge in [0.05, 0.1) is 12.7 Å². The van der Waals surface area contributed by atoms with E-state index in [4.69, 9.17) is 9.26 Å². The van der Waals surface area contributed by atoms with Gasteiger partial charge in [-0.3, -0.25) is 4.79 Å². The van der Waals surface area contributed by atoms with Crippen LogP contribution in [0.1, 0.15) is 42.6 Å². The first kappa shape index (κ1) is 19.5. The number of methoxy groups -OCH3 is 1. The van der Waals surface area contributed by atoms with E-state index in [2.05, 4.69) is 15.5 Å². The van der Waals surface area contributed by atoms with E-state index in [0.717, 1.165) is 12.0 Å². The minimum Gasteiger partial charge on any atom is -0.497 e. The number of hydrogen-bond acceptors (Lipinski definition) is 5. The third-order valence-electron chi connectivity index (χ3n) is 4.65. The van der Waals surface area contributed by atoms with Crippen molar-refractivity contribution in [1.29, 1.82) is 0 Å². The van der Waals surface area contributed by atoms with Crippen LogP contribution in [0.4, 0.5) is 4.39 Å². The van der Waals surface area contributed by atoms with Gasteiger partial charge in [-0.15, -0.1) is 0 Å². The van der Waals surface area contributed by atoms with Crippen LogP contribution in [0.2, 0.25) is 0 Å². The summed E-state index contributed by atoms with van der Waals surface area (Å²) in [6.07, 6.45) is 0.763. The summed E-state index contributed by atoms with van der Waals surface area (Å²) in [6, 6.07) is 12.6. The first-order chi connectivity index (χ1) is 13.5. The maximum atomic E-state index is 13.9. The molecule has 3 aromatic rings. The molecule has 2 atom stereocenters. The van der Waals surface area contributed by atoms with Crippen LogP contribution in [-0.2, 0) is 0 Å². The average molecular weight is 383 g/mol. The molecule has 0 fully saturated rings. The Labute approximate surface area is 162 Å². The van der Waals surface area contributed by atoms with Crippen LogP contribution in [0, 0.1) is 11.7 Å². The lowest BCUT2D eigenvalue weighted by molar-refractivity contribution is 0.0906. The second-order valence-corrected chi connectivity index (χ2v) is 6.50. The molecule has 1 amide bonds. The van der Waals surface area contributed by atoms with Gasteiger partial charge in [0, 0.05) is 5.56 Å². The topological polar surface area (TPSA) is 77.2 Å². The van der Waals surface area contributed by atoms with E-state index in [9.17, 15) is 9.18 Å². The quantitative estimate of drug-likeness (QED) is 0.654. The summed E-state index contributed by atoms with van der Waals surface area (Å²) < 4.78 is 24.6. The monoisotopic (exact) mass is 383 g/mol. The van der Waals surface area contributed by atoms with Gasteiger partial charge in [-0.25, -0.2) is 4.39 Å². The Morgan fingerprint density at radius 3 is 2.75 bits per heavy atom. The van der Waals surface area contributed by atoms with E-state index in [0.29, 0.717) is 11.6 Å². The zero-order valence-electron chi connectivity index (χ0n) is 16.0. The smallest absolute Gasteiger partial charge is 0.254 e. The number of ether oxygens (including phenoxy) is 1. The fourth-order valence-electron chi connectivity index (χ4n) is 2.79. The van der Waals surface area contributed by atoms with Crippen molar-refractivity contribution in [3.05, 3.63) is 65.8 Å².